The van der Waals surface area contributed by atoms with E-state index in [0.29, 0.717) is 6.61 Å². The van der Waals surface area contributed by atoms with Crippen molar-refractivity contribution in [1.82, 2.24) is 15.5 Å². The van der Waals surface area contributed by atoms with Gasteiger partial charge in [0, 0.05) is 26.2 Å². The number of aliphatic imine (C=N–C) groups is 1. The number of para-hydroxylation sites is 1. The van der Waals surface area contributed by atoms with Gasteiger partial charge in [-0.05, 0) is 19.1 Å². The molecule has 1 fully saturated rings. The molecule has 24 heavy (non-hydrogen) atoms. The Morgan fingerprint density at radius 2 is 1.96 bits per heavy atom. The van der Waals surface area contributed by atoms with Crippen LogP contribution in [0.25, 0.3) is 0 Å². The number of ether oxygens (including phenoxy) is 2. The number of hydrogen-bond acceptors (Lipinski definition) is 4. The van der Waals surface area contributed by atoms with E-state index in [0.717, 1.165) is 64.2 Å². The number of nitrogens with zero attached hydrogens (tertiary/aromatic N) is 2. The van der Waals surface area contributed by atoms with Crippen molar-refractivity contribution in [3.63, 3.8) is 0 Å². The maximum Gasteiger partial charge on any atom is 0.191 e. The fourth-order valence-electron chi connectivity index (χ4n) is 2.32. The first-order valence-electron chi connectivity index (χ1n) is 8.38. The highest BCUT2D eigenvalue weighted by molar-refractivity contribution is 14.0. The predicted molar refractivity (Wildman–Crippen MR) is 109 cm³/mol. The summed E-state index contributed by atoms with van der Waals surface area (Å²) in [6.45, 7) is 9.68. The molecule has 1 aromatic rings. The lowest BCUT2D eigenvalue weighted by atomic mass is 10.3. The van der Waals surface area contributed by atoms with E-state index in [1.165, 1.54) is 0 Å². The summed E-state index contributed by atoms with van der Waals surface area (Å²) >= 11 is 0. The van der Waals surface area contributed by atoms with Crippen LogP contribution in [0.3, 0.4) is 0 Å². The van der Waals surface area contributed by atoms with Crippen molar-refractivity contribution in [3.8, 4) is 5.75 Å². The van der Waals surface area contributed by atoms with Crippen LogP contribution in [0.2, 0.25) is 0 Å². The van der Waals surface area contributed by atoms with Crippen LogP contribution >= 0.6 is 24.0 Å². The maximum absolute atomic E-state index is 5.67. The highest BCUT2D eigenvalue weighted by atomic mass is 127. The number of rotatable bonds is 8. The summed E-state index contributed by atoms with van der Waals surface area (Å²) in [6.07, 6.45) is 0. The molecule has 0 aromatic heterocycles. The Balaban J connectivity index is 0.00000288. The molecule has 7 heteroatoms. The van der Waals surface area contributed by atoms with Crippen molar-refractivity contribution in [1.29, 1.82) is 0 Å². The van der Waals surface area contributed by atoms with E-state index >= 15 is 0 Å². The molecule has 1 aliphatic heterocycles. The second kappa shape index (κ2) is 13.3. The first-order chi connectivity index (χ1) is 11.4. The zero-order valence-corrected chi connectivity index (χ0v) is 16.7. The van der Waals surface area contributed by atoms with Crippen molar-refractivity contribution in [2.45, 2.75) is 6.92 Å². The molecule has 2 rings (SSSR count). The van der Waals surface area contributed by atoms with Crippen molar-refractivity contribution in [3.05, 3.63) is 30.3 Å². The Kier molecular flexibility index (Phi) is 11.6. The van der Waals surface area contributed by atoms with Gasteiger partial charge in [-0.25, -0.2) is 0 Å². The Morgan fingerprint density at radius 1 is 1.21 bits per heavy atom. The molecule has 0 spiro atoms. The van der Waals surface area contributed by atoms with Gasteiger partial charge in [0.2, 0.25) is 0 Å². The van der Waals surface area contributed by atoms with Crippen LogP contribution in [0, 0.1) is 0 Å². The van der Waals surface area contributed by atoms with Crippen LogP contribution < -0.4 is 15.4 Å². The third kappa shape index (κ3) is 8.70. The van der Waals surface area contributed by atoms with Gasteiger partial charge in [0.15, 0.2) is 5.96 Å². The van der Waals surface area contributed by atoms with Gasteiger partial charge < -0.3 is 20.1 Å². The first-order valence-corrected chi connectivity index (χ1v) is 8.38. The highest BCUT2D eigenvalue weighted by Crippen LogP contribution is 2.07. The predicted octanol–water partition coefficient (Wildman–Crippen LogP) is 1.57. The Morgan fingerprint density at radius 3 is 2.67 bits per heavy atom. The van der Waals surface area contributed by atoms with Crippen molar-refractivity contribution in [2.24, 2.45) is 4.99 Å². The first kappa shape index (κ1) is 21.0. The van der Waals surface area contributed by atoms with Gasteiger partial charge in [0.05, 0.1) is 26.3 Å². The van der Waals surface area contributed by atoms with Gasteiger partial charge >= 0.3 is 0 Å². The molecule has 6 nitrogen and oxygen atoms in total. The summed E-state index contributed by atoms with van der Waals surface area (Å²) in [4.78, 5) is 6.99. The highest BCUT2D eigenvalue weighted by Gasteiger charge is 2.09. The van der Waals surface area contributed by atoms with Crippen LogP contribution in [0.1, 0.15) is 6.92 Å². The minimum atomic E-state index is 0. The van der Waals surface area contributed by atoms with E-state index in [-0.39, 0.29) is 24.0 Å². The summed E-state index contributed by atoms with van der Waals surface area (Å²) in [5, 5.41) is 6.56. The third-order valence-electron chi connectivity index (χ3n) is 3.54. The van der Waals surface area contributed by atoms with E-state index in [9.17, 15) is 0 Å². The average molecular weight is 448 g/mol. The van der Waals surface area contributed by atoms with Crippen LogP contribution in [-0.2, 0) is 4.74 Å². The van der Waals surface area contributed by atoms with Gasteiger partial charge in [-0.15, -0.1) is 24.0 Å². The van der Waals surface area contributed by atoms with E-state index in [1.807, 2.05) is 30.3 Å². The molecule has 1 aromatic carbocycles. The Hall–Kier alpha value is -1.06. The van der Waals surface area contributed by atoms with Gasteiger partial charge in [-0.2, -0.15) is 0 Å². The smallest absolute Gasteiger partial charge is 0.191 e. The normalized spacial score (nSPS) is 15.5. The number of halogens is 1. The van der Waals surface area contributed by atoms with E-state index in [2.05, 4.69) is 27.4 Å². The standard InChI is InChI=1S/C17H28N4O2.HI/c1-2-18-17(19-8-10-21-11-14-22-15-12-21)20-9-13-23-16-6-4-3-5-7-16;/h3-7H,2,8-15H2,1H3,(H2,18,19,20);1H. The average Bonchev–Trinajstić information content (AvgIpc) is 2.60. The lowest BCUT2D eigenvalue weighted by Crippen LogP contribution is -2.41. The van der Waals surface area contributed by atoms with E-state index < -0.39 is 0 Å². The largest absolute Gasteiger partial charge is 0.492 e. The monoisotopic (exact) mass is 448 g/mol. The number of hydrogen-bond donors (Lipinski definition) is 2. The topological polar surface area (TPSA) is 58.1 Å². The SMILES string of the molecule is CCNC(=NCCN1CCOCC1)NCCOc1ccccc1.I. The fourth-order valence-corrected chi connectivity index (χ4v) is 2.32. The molecule has 0 bridgehead atoms. The molecule has 1 saturated heterocycles. The molecule has 0 amide bonds. The van der Waals surface area contributed by atoms with Gasteiger partial charge in [0.25, 0.3) is 0 Å². The second-order valence-electron chi connectivity index (χ2n) is 5.30. The summed E-state index contributed by atoms with van der Waals surface area (Å²) in [5.41, 5.74) is 0. The molecule has 1 aliphatic rings. The molecular formula is C17H29IN4O2. The number of nitrogens with one attached hydrogen (secondary N) is 2. The summed E-state index contributed by atoms with van der Waals surface area (Å²) in [6, 6.07) is 9.85. The number of benzene rings is 1. The summed E-state index contributed by atoms with van der Waals surface area (Å²) in [7, 11) is 0. The number of morpholine rings is 1. The van der Waals surface area contributed by atoms with Crippen molar-refractivity contribution in [2.75, 3.05) is 59.1 Å². The molecule has 0 atom stereocenters. The summed E-state index contributed by atoms with van der Waals surface area (Å²) < 4.78 is 11.0. The van der Waals surface area contributed by atoms with E-state index in [1.54, 1.807) is 0 Å². The third-order valence-corrected chi connectivity index (χ3v) is 3.54. The molecular weight excluding hydrogens is 419 g/mol. The van der Waals surface area contributed by atoms with Gasteiger partial charge in [-0.1, -0.05) is 18.2 Å². The van der Waals surface area contributed by atoms with Crippen LogP contribution in [0.15, 0.2) is 35.3 Å². The number of guanidine groups is 1. The second-order valence-corrected chi connectivity index (χ2v) is 5.30. The molecule has 1 heterocycles. The van der Waals surface area contributed by atoms with E-state index in [4.69, 9.17) is 9.47 Å². The Bertz CT molecular complexity index is 453. The zero-order chi connectivity index (χ0) is 16.2. The molecule has 0 saturated carbocycles. The Labute approximate surface area is 162 Å². The molecule has 2 N–H and O–H groups in total. The summed E-state index contributed by atoms with van der Waals surface area (Å²) in [5.74, 6) is 1.74. The maximum atomic E-state index is 5.67. The van der Waals surface area contributed by atoms with Crippen molar-refractivity contribution >= 4 is 29.9 Å². The van der Waals surface area contributed by atoms with Crippen LogP contribution in [-0.4, -0.2) is 69.9 Å². The molecule has 0 unspecified atom stereocenters. The quantitative estimate of drug-likeness (QED) is 0.274. The minimum Gasteiger partial charge on any atom is -0.492 e. The fraction of sp³-hybridized carbons (Fsp3) is 0.588. The van der Waals surface area contributed by atoms with Gasteiger partial charge in [-0.3, -0.25) is 9.89 Å². The van der Waals surface area contributed by atoms with Crippen molar-refractivity contribution < 1.29 is 9.47 Å². The molecule has 0 radical (unpaired) electrons. The zero-order valence-electron chi connectivity index (χ0n) is 14.4. The van der Waals surface area contributed by atoms with Crippen LogP contribution in [0.5, 0.6) is 5.75 Å². The lowest BCUT2D eigenvalue weighted by Gasteiger charge is -2.25. The van der Waals surface area contributed by atoms with Crippen LogP contribution in [0.4, 0.5) is 0 Å². The lowest BCUT2D eigenvalue weighted by molar-refractivity contribution is 0.0394. The van der Waals surface area contributed by atoms with Gasteiger partial charge in [0.1, 0.15) is 12.4 Å². The molecule has 136 valence electrons. The molecule has 0 aliphatic carbocycles. The minimum absolute atomic E-state index is 0.